The van der Waals surface area contributed by atoms with Crippen molar-refractivity contribution in [3.63, 3.8) is 0 Å². The van der Waals surface area contributed by atoms with Crippen LogP contribution in [0, 0.1) is 34.5 Å². The predicted molar refractivity (Wildman–Crippen MR) is 91.4 cm³/mol. The molecule has 24 heavy (non-hydrogen) atoms. The lowest BCUT2D eigenvalue weighted by molar-refractivity contribution is -0.133. The second kappa shape index (κ2) is 4.65. The van der Waals surface area contributed by atoms with Crippen LogP contribution in [0.3, 0.4) is 0 Å². The van der Waals surface area contributed by atoms with Crippen molar-refractivity contribution in [1.29, 1.82) is 0 Å². The molecule has 1 N–H and O–H groups in total. The number of aliphatic hydroxyl groups excluding tert-OH is 1. The number of ether oxygens (including phenoxy) is 1. The topological polar surface area (TPSA) is 49.8 Å². The highest BCUT2D eigenvalue weighted by molar-refractivity contribution is 5.79. The van der Waals surface area contributed by atoms with Crippen LogP contribution in [0.4, 0.5) is 0 Å². The molecule has 0 aromatic heterocycles. The quantitative estimate of drug-likeness (QED) is 0.745. The van der Waals surface area contributed by atoms with E-state index in [1.54, 1.807) is 0 Å². The average Bonchev–Trinajstić information content (AvgIpc) is 3.08. The molecular formula is C21H32O3. The van der Waals surface area contributed by atoms with Crippen molar-refractivity contribution in [3.05, 3.63) is 0 Å². The third-order valence-electron chi connectivity index (χ3n) is 9.55. The van der Waals surface area contributed by atoms with Gasteiger partial charge in [0, 0.05) is 17.8 Å². The molecular weight excluding hydrogens is 300 g/mol. The molecule has 5 aliphatic rings. The summed E-state index contributed by atoms with van der Waals surface area (Å²) in [6.07, 6.45) is 9.10. The zero-order valence-corrected chi connectivity index (χ0v) is 15.4. The Morgan fingerprint density at radius 2 is 1.88 bits per heavy atom. The first-order valence-electron chi connectivity index (χ1n) is 10.2. The van der Waals surface area contributed by atoms with E-state index in [0.717, 1.165) is 37.5 Å². The van der Waals surface area contributed by atoms with Crippen molar-refractivity contribution >= 4 is 5.78 Å². The lowest BCUT2D eigenvalue weighted by Gasteiger charge is -2.59. The Kier molecular flexibility index (Phi) is 3.06. The molecule has 9 atom stereocenters. The molecule has 4 aliphatic carbocycles. The highest BCUT2D eigenvalue weighted by atomic mass is 16.6. The van der Waals surface area contributed by atoms with E-state index in [4.69, 9.17) is 4.74 Å². The molecule has 5 rings (SSSR count). The van der Waals surface area contributed by atoms with Gasteiger partial charge < -0.3 is 9.84 Å². The highest BCUT2D eigenvalue weighted by Crippen LogP contribution is 2.73. The number of fused-ring (bicyclic) bond motifs is 4. The number of carbonyl (C=O) groups excluding carboxylic acids is 1. The van der Waals surface area contributed by atoms with Crippen LogP contribution in [0.1, 0.15) is 72.1 Å². The third-order valence-corrected chi connectivity index (χ3v) is 9.55. The maximum atomic E-state index is 12.2. The van der Waals surface area contributed by atoms with E-state index in [9.17, 15) is 9.90 Å². The zero-order chi connectivity index (χ0) is 16.9. The summed E-state index contributed by atoms with van der Waals surface area (Å²) >= 11 is 0. The van der Waals surface area contributed by atoms with Crippen molar-refractivity contribution in [2.24, 2.45) is 34.5 Å². The minimum absolute atomic E-state index is 0.0157. The molecule has 0 aromatic rings. The van der Waals surface area contributed by atoms with Gasteiger partial charge in [0.2, 0.25) is 0 Å². The van der Waals surface area contributed by atoms with E-state index in [0.29, 0.717) is 17.8 Å². The Labute approximate surface area is 145 Å². The molecule has 134 valence electrons. The largest absolute Gasteiger partial charge is 0.393 e. The van der Waals surface area contributed by atoms with Crippen LogP contribution in [0.25, 0.3) is 0 Å². The Morgan fingerprint density at radius 3 is 2.62 bits per heavy atom. The Balaban J connectivity index is 1.49. The smallest absolute Gasteiger partial charge is 0.133 e. The summed E-state index contributed by atoms with van der Waals surface area (Å²) in [6.45, 7) is 6.69. The number of hydrogen-bond acceptors (Lipinski definition) is 3. The van der Waals surface area contributed by atoms with E-state index < -0.39 is 0 Å². The van der Waals surface area contributed by atoms with Crippen LogP contribution in [0.2, 0.25) is 0 Å². The predicted octanol–water partition coefficient (Wildman–Crippen LogP) is 3.73. The van der Waals surface area contributed by atoms with Crippen LogP contribution in [0.15, 0.2) is 0 Å². The molecule has 4 saturated carbocycles. The van der Waals surface area contributed by atoms with Crippen molar-refractivity contribution in [1.82, 2.24) is 0 Å². The van der Waals surface area contributed by atoms with Gasteiger partial charge in [-0.25, -0.2) is 0 Å². The van der Waals surface area contributed by atoms with Crippen LogP contribution in [-0.2, 0) is 9.53 Å². The second-order valence-corrected chi connectivity index (χ2v) is 10.2. The molecule has 0 bridgehead atoms. The monoisotopic (exact) mass is 332 g/mol. The lowest BCUT2D eigenvalue weighted by Crippen LogP contribution is -2.58. The van der Waals surface area contributed by atoms with Crippen LogP contribution in [0.5, 0.6) is 0 Å². The first-order chi connectivity index (χ1) is 11.3. The molecule has 1 aliphatic heterocycles. The Morgan fingerprint density at radius 1 is 1.08 bits per heavy atom. The van der Waals surface area contributed by atoms with E-state index in [1.165, 1.54) is 25.7 Å². The SMILES string of the molecule is CC(=O)[C@@H]1CC[C@@H]2[C@@H]3C[C@@H]4O[C@@]45C[C@H](O)CC[C@]5(C)[C@H]3CC[C@]21C. The van der Waals surface area contributed by atoms with Gasteiger partial charge in [-0.15, -0.1) is 0 Å². The summed E-state index contributed by atoms with van der Waals surface area (Å²) in [5.74, 6) is 2.87. The van der Waals surface area contributed by atoms with Gasteiger partial charge in [0.15, 0.2) is 0 Å². The van der Waals surface area contributed by atoms with Crippen molar-refractivity contribution in [2.45, 2.75) is 89.9 Å². The minimum Gasteiger partial charge on any atom is -0.393 e. The first-order valence-corrected chi connectivity index (χ1v) is 10.2. The average molecular weight is 332 g/mol. The molecule has 1 heterocycles. The van der Waals surface area contributed by atoms with Crippen LogP contribution < -0.4 is 0 Å². The first kappa shape index (κ1) is 15.8. The zero-order valence-electron chi connectivity index (χ0n) is 15.4. The molecule has 0 radical (unpaired) electrons. The number of rotatable bonds is 1. The van der Waals surface area contributed by atoms with Gasteiger partial charge in [-0.2, -0.15) is 0 Å². The summed E-state index contributed by atoms with van der Waals surface area (Å²) in [5.41, 5.74) is 0.458. The number of ketones is 1. The molecule has 1 saturated heterocycles. The van der Waals surface area contributed by atoms with E-state index in [2.05, 4.69) is 13.8 Å². The van der Waals surface area contributed by atoms with Gasteiger partial charge in [0.1, 0.15) is 11.4 Å². The fourth-order valence-corrected chi connectivity index (χ4v) is 8.33. The number of Topliss-reactive ketones (excluding diaryl/α,β-unsaturated/α-hetero) is 1. The van der Waals surface area contributed by atoms with Gasteiger partial charge >= 0.3 is 0 Å². The molecule has 3 heteroatoms. The molecule has 0 unspecified atom stereocenters. The lowest BCUT2D eigenvalue weighted by atomic mass is 9.44. The Bertz CT molecular complexity index is 588. The Hall–Kier alpha value is -0.410. The molecule has 0 aromatic carbocycles. The fourth-order valence-electron chi connectivity index (χ4n) is 8.33. The maximum Gasteiger partial charge on any atom is 0.133 e. The summed E-state index contributed by atoms with van der Waals surface area (Å²) in [5, 5.41) is 10.2. The highest BCUT2D eigenvalue weighted by Gasteiger charge is 2.76. The van der Waals surface area contributed by atoms with Gasteiger partial charge in [-0.1, -0.05) is 13.8 Å². The van der Waals surface area contributed by atoms with E-state index >= 15 is 0 Å². The number of epoxide rings is 1. The second-order valence-electron chi connectivity index (χ2n) is 10.2. The van der Waals surface area contributed by atoms with Crippen LogP contribution >= 0.6 is 0 Å². The normalized spacial score (nSPS) is 61.3. The molecule has 3 nitrogen and oxygen atoms in total. The summed E-state index contributed by atoms with van der Waals surface area (Å²) in [6, 6.07) is 0. The van der Waals surface area contributed by atoms with Crippen molar-refractivity contribution < 1.29 is 14.6 Å². The van der Waals surface area contributed by atoms with Crippen molar-refractivity contribution in [2.75, 3.05) is 0 Å². The number of aliphatic hydroxyl groups is 1. The standard InChI is InChI=1S/C21H32O3/c1-12(22)15-4-5-16-14-10-18-21(24-18)11-13(23)6-9-20(21,3)17(14)7-8-19(15,16)2/h13-18,23H,4-11H2,1-3H3/t13-,14+,15+,16-,17+,18+,19+,20-,21+/m1/s1. The van der Waals surface area contributed by atoms with Gasteiger partial charge in [-0.3, -0.25) is 4.79 Å². The van der Waals surface area contributed by atoms with Gasteiger partial charge in [-0.05, 0) is 75.0 Å². The molecule has 1 spiro atoms. The van der Waals surface area contributed by atoms with Gasteiger partial charge in [0.25, 0.3) is 0 Å². The minimum atomic E-state index is -0.165. The maximum absolute atomic E-state index is 12.2. The number of carbonyl (C=O) groups is 1. The van der Waals surface area contributed by atoms with E-state index in [-0.39, 0.29) is 28.5 Å². The fraction of sp³-hybridized carbons (Fsp3) is 0.952. The van der Waals surface area contributed by atoms with Crippen LogP contribution in [-0.4, -0.2) is 28.7 Å². The molecule has 0 amide bonds. The summed E-state index contributed by atoms with van der Waals surface area (Å²) in [4.78, 5) is 12.2. The van der Waals surface area contributed by atoms with Gasteiger partial charge in [0.05, 0.1) is 12.2 Å². The third kappa shape index (κ3) is 1.69. The number of hydrogen-bond donors (Lipinski definition) is 1. The summed E-state index contributed by atoms with van der Waals surface area (Å²) in [7, 11) is 0. The summed E-state index contributed by atoms with van der Waals surface area (Å²) < 4.78 is 6.36. The van der Waals surface area contributed by atoms with Crippen molar-refractivity contribution in [3.8, 4) is 0 Å². The van der Waals surface area contributed by atoms with E-state index in [1.807, 2.05) is 6.92 Å². The molecule has 5 fully saturated rings.